The molecule has 1 aliphatic heterocycles. The first-order chi connectivity index (χ1) is 22.1. The van der Waals surface area contributed by atoms with Crippen LogP contribution in [-0.2, 0) is 17.8 Å². The number of piperidine rings is 1. The second-order valence-corrected chi connectivity index (χ2v) is 11.3. The third-order valence-electron chi connectivity index (χ3n) is 7.92. The number of likely N-dealkylation sites (tertiary alicyclic amines) is 1. The maximum Gasteiger partial charge on any atom is 0.260 e. The van der Waals surface area contributed by atoms with Crippen LogP contribution in [0.25, 0.3) is 22.2 Å². The number of ether oxygens (including phenoxy) is 2. The molecule has 0 bridgehead atoms. The highest BCUT2D eigenvalue weighted by Gasteiger charge is 2.33. The summed E-state index contributed by atoms with van der Waals surface area (Å²) in [6, 6.07) is 12.3. The molecule has 2 aromatic heterocycles. The van der Waals surface area contributed by atoms with Gasteiger partial charge in [-0.05, 0) is 42.3 Å². The summed E-state index contributed by atoms with van der Waals surface area (Å²) in [5, 5.41) is 6.76. The Hall–Kier alpha value is -4.55. The van der Waals surface area contributed by atoms with E-state index in [1.165, 1.54) is 20.3 Å². The largest absolute Gasteiger partial charge is 0.497 e. The number of nitrogens with zero attached hydrogens (tertiary/aromatic N) is 4. The minimum atomic E-state index is -2.60. The van der Waals surface area contributed by atoms with Gasteiger partial charge < -0.3 is 25.0 Å². The van der Waals surface area contributed by atoms with E-state index < -0.39 is 5.92 Å². The Morgan fingerprint density at radius 3 is 2.50 bits per heavy atom. The lowest BCUT2D eigenvalue weighted by molar-refractivity contribution is -0.111. The molecule has 10 nitrogen and oxygen atoms in total. The first-order valence-corrected chi connectivity index (χ1v) is 15.2. The summed E-state index contributed by atoms with van der Waals surface area (Å²) >= 11 is 6.69. The maximum atomic E-state index is 14.2. The molecule has 242 valence electrons. The highest BCUT2D eigenvalue weighted by Crippen LogP contribution is 2.38. The van der Waals surface area contributed by atoms with Gasteiger partial charge in [0.1, 0.15) is 17.1 Å². The van der Waals surface area contributed by atoms with Gasteiger partial charge in [-0.2, -0.15) is 4.98 Å². The van der Waals surface area contributed by atoms with Crippen LogP contribution >= 0.6 is 11.6 Å². The molecular formula is C33H35ClF2N6O4. The summed E-state index contributed by atoms with van der Waals surface area (Å²) in [6.07, 6.45) is 3.01. The monoisotopic (exact) mass is 652 g/mol. The Morgan fingerprint density at radius 2 is 1.83 bits per heavy atom. The summed E-state index contributed by atoms with van der Waals surface area (Å²) in [5.41, 5.74) is 2.42. The molecule has 0 radical (unpaired) electrons. The molecule has 13 heteroatoms. The van der Waals surface area contributed by atoms with Gasteiger partial charge in [-0.15, -0.1) is 0 Å². The van der Waals surface area contributed by atoms with Gasteiger partial charge in [0.05, 0.1) is 19.2 Å². The molecule has 0 aliphatic carbocycles. The molecule has 1 saturated heterocycles. The molecule has 2 N–H and O–H groups in total. The zero-order valence-corrected chi connectivity index (χ0v) is 26.4. The van der Waals surface area contributed by atoms with Crippen molar-refractivity contribution in [3.63, 3.8) is 0 Å². The normalized spacial score (nSPS) is 14.5. The molecule has 0 spiro atoms. The SMILES string of the molecule is C=CC(=O)Nc1ccc(CCn2c(=O)c(-c3cc(OC)cc(OC)c3Cl)cc3cnc(NCCN4CCC(F)(F)CC4)nc32)cc1. The number of hydrogen-bond acceptors (Lipinski definition) is 8. The molecule has 0 saturated carbocycles. The highest BCUT2D eigenvalue weighted by atomic mass is 35.5. The molecule has 3 heterocycles. The quantitative estimate of drug-likeness (QED) is 0.189. The van der Waals surface area contributed by atoms with Gasteiger partial charge in [0.25, 0.3) is 11.5 Å². The lowest BCUT2D eigenvalue weighted by Crippen LogP contribution is -2.41. The lowest BCUT2D eigenvalue weighted by Gasteiger charge is -2.31. The summed E-state index contributed by atoms with van der Waals surface area (Å²) < 4.78 is 39.5. The van der Waals surface area contributed by atoms with Crippen molar-refractivity contribution in [1.29, 1.82) is 0 Å². The average Bonchev–Trinajstić information content (AvgIpc) is 3.05. The minimum Gasteiger partial charge on any atom is -0.497 e. The Balaban J connectivity index is 1.47. The topological polar surface area (TPSA) is 111 Å². The Labute approximate surface area is 270 Å². The zero-order valence-electron chi connectivity index (χ0n) is 25.6. The molecule has 0 atom stereocenters. The Kier molecular flexibility index (Phi) is 10.2. The van der Waals surface area contributed by atoms with E-state index >= 15 is 0 Å². The molecule has 1 amide bonds. The fourth-order valence-corrected chi connectivity index (χ4v) is 5.59. The van der Waals surface area contributed by atoms with Crippen LogP contribution in [-0.4, -0.2) is 71.7 Å². The molecule has 1 aliphatic rings. The number of carbonyl (C=O) groups excluding carboxylic acids is 1. The van der Waals surface area contributed by atoms with Gasteiger partial charge in [-0.25, -0.2) is 13.8 Å². The number of methoxy groups -OCH3 is 2. The first-order valence-electron chi connectivity index (χ1n) is 14.8. The lowest BCUT2D eigenvalue weighted by atomic mass is 10.0. The number of alkyl halides is 2. The molecule has 1 fully saturated rings. The van der Waals surface area contributed by atoms with Crippen LogP contribution in [0.3, 0.4) is 0 Å². The molecular weight excluding hydrogens is 618 g/mol. The Bertz CT molecular complexity index is 1790. The summed E-state index contributed by atoms with van der Waals surface area (Å²) in [6.45, 7) is 5.41. The van der Waals surface area contributed by atoms with Crippen LogP contribution in [0.2, 0.25) is 5.02 Å². The van der Waals surface area contributed by atoms with Crippen molar-refractivity contribution in [1.82, 2.24) is 19.4 Å². The standard InChI is InChI=1S/C33H35ClF2N6O4/c1-4-28(43)39-23-7-5-21(6-8-23)9-13-42-30-22(17-26(31(42)44)25-18-24(45-2)19-27(46-3)29(25)34)20-38-32(40-30)37-12-16-41-14-10-33(35,36)11-15-41/h4-8,17-20H,1,9-16H2,2-3H3,(H,39,43)(H,37,38,40). The molecule has 2 aromatic carbocycles. The number of hydrogen-bond donors (Lipinski definition) is 2. The van der Waals surface area contributed by atoms with Crippen molar-refractivity contribution in [2.45, 2.75) is 31.7 Å². The van der Waals surface area contributed by atoms with E-state index in [0.29, 0.717) is 77.9 Å². The predicted octanol–water partition coefficient (Wildman–Crippen LogP) is 5.64. The van der Waals surface area contributed by atoms with Crippen LogP contribution in [0, 0.1) is 0 Å². The number of aryl methyl sites for hydroxylation is 2. The van der Waals surface area contributed by atoms with E-state index in [-0.39, 0.29) is 35.9 Å². The van der Waals surface area contributed by atoms with Crippen molar-refractivity contribution in [3.05, 3.63) is 82.3 Å². The van der Waals surface area contributed by atoms with E-state index in [4.69, 9.17) is 26.1 Å². The van der Waals surface area contributed by atoms with Gasteiger partial charge in [0, 0.05) is 80.0 Å². The third-order valence-corrected chi connectivity index (χ3v) is 8.31. The van der Waals surface area contributed by atoms with Crippen molar-refractivity contribution >= 4 is 40.2 Å². The van der Waals surface area contributed by atoms with Crippen molar-refractivity contribution < 1.29 is 23.0 Å². The molecule has 0 unspecified atom stereocenters. The highest BCUT2D eigenvalue weighted by molar-refractivity contribution is 6.35. The fourth-order valence-electron chi connectivity index (χ4n) is 5.30. The van der Waals surface area contributed by atoms with Gasteiger partial charge in [-0.1, -0.05) is 30.3 Å². The number of nitrogens with one attached hydrogen (secondary N) is 2. The number of amides is 1. The number of rotatable bonds is 12. The van der Waals surface area contributed by atoms with Crippen molar-refractivity contribution in [2.75, 3.05) is 51.0 Å². The molecule has 46 heavy (non-hydrogen) atoms. The first kappa shape index (κ1) is 32.8. The van der Waals surface area contributed by atoms with Crippen molar-refractivity contribution in [3.8, 4) is 22.6 Å². The Morgan fingerprint density at radius 1 is 1.09 bits per heavy atom. The van der Waals surface area contributed by atoms with E-state index in [0.717, 1.165) is 5.56 Å². The van der Waals surface area contributed by atoms with E-state index in [1.807, 2.05) is 17.0 Å². The van der Waals surface area contributed by atoms with Gasteiger partial charge >= 0.3 is 0 Å². The number of halogens is 3. The molecule has 4 aromatic rings. The van der Waals surface area contributed by atoms with Crippen LogP contribution in [0.4, 0.5) is 20.4 Å². The zero-order chi connectivity index (χ0) is 32.8. The second kappa shape index (κ2) is 14.3. The molecule has 5 rings (SSSR count). The summed E-state index contributed by atoms with van der Waals surface area (Å²) in [5.74, 6) is -1.76. The second-order valence-electron chi connectivity index (χ2n) is 10.9. The summed E-state index contributed by atoms with van der Waals surface area (Å²) in [4.78, 5) is 37.0. The number of pyridine rings is 1. The minimum absolute atomic E-state index is 0.149. The number of carbonyl (C=O) groups is 1. The number of anilines is 2. The van der Waals surface area contributed by atoms with E-state index in [9.17, 15) is 18.4 Å². The van der Waals surface area contributed by atoms with Crippen LogP contribution in [0.15, 0.2) is 66.1 Å². The predicted molar refractivity (Wildman–Crippen MR) is 175 cm³/mol. The smallest absolute Gasteiger partial charge is 0.260 e. The van der Waals surface area contributed by atoms with Gasteiger partial charge in [-0.3, -0.25) is 14.2 Å². The van der Waals surface area contributed by atoms with Crippen LogP contribution < -0.4 is 25.7 Å². The van der Waals surface area contributed by atoms with Gasteiger partial charge in [0.15, 0.2) is 0 Å². The van der Waals surface area contributed by atoms with Crippen molar-refractivity contribution in [2.24, 2.45) is 0 Å². The van der Waals surface area contributed by atoms with Crippen LogP contribution in [0.5, 0.6) is 11.5 Å². The third kappa shape index (κ3) is 7.63. The number of fused-ring (bicyclic) bond motifs is 1. The summed E-state index contributed by atoms with van der Waals surface area (Å²) in [7, 11) is 3.00. The van der Waals surface area contributed by atoms with E-state index in [2.05, 4.69) is 22.2 Å². The van der Waals surface area contributed by atoms with Gasteiger partial charge in [0.2, 0.25) is 11.9 Å². The average molecular weight is 653 g/mol. The van der Waals surface area contributed by atoms with Crippen LogP contribution in [0.1, 0.15) is 18.4 Å². The fraction of sp³-hybridized carbons (Fsp3) is 0.333. The number of benzene rings is 2. The number of aromatic nitrogens is 3. The van der Waals surface area contributed by atoms with E-state index in [1.54, 1.807) is 41.1 Å². The maximum absolute atomic E-state index is 14.2.